The van der Waals surface area contributed by atoms with Gasteiger partial charge in [-0.15, -0.1) is 0 Å². The highest BCUT2D eigenvalue weighted by Gasteiger charge is 2.26. The topological polar surface area (TPSA) is 55.3 Å². The third-order valence-corrected chi connectivity index (χ3v) is 4.23. The maximum absolute atomic E-state index is 12.8. The molecule has 0 spiro atoms. The van der Waals surface area contributed by atoms with Crippen LogP contribution in [0.4, 0.5) is 0 Å². The van der Waals surface area contributed by atoms with Gasteiger partial charge in [-0.3, -0.25) is 9.78 Å². The van der Waals surface area contributed by atoms with E-state index in [0.29, 0.717) is 17.4 Å². The summed E-state index contributed by atoms with van der Waals surface area (Å²) in [7, 11) is 1.54. The molecule has 2 aromatic rings. The quantitative estimate of drug-likeness (QED) is 0.871. The largest absolute Gasteiger partial charge is 0.480 e. The first kappa shape index (κ1) is 15.5. The van der Waals surface area contributed by atoms with Gasteiger partial charge in [-0.25, -0.2) is 4.98 Å². The van der Waals surface area contributed by atoms with Crippen molar-refractivity contribution in [1.29, 1.82) is 0 Å². The van der Waals surface area contributed by atoms with Gasteiger partial charge in [-0.05, 0) is 49.4 Å². The second-order valence-corrected chi connectivity index (χ2v) is 5.84. The van der Waals surface area contributed by atoms with Crippen LogP contribution in [0.1, 0.15) is 28.9 Å². The van der Waals surface area contributed by atoms with Crippen molar-refractivity contribution < 1.29 is 9.53 Å². The van der Waals surface area contributed by atoms with E-state index in [0.717, 1.165) is 38.0 Å². The van der Waals surface area contributed by atoms with Crippen LogP contribution in [-0.2, 0) is 6.42 Å². The summed E-state index contributed by atoms with van der Waals surface area (Å²) in [6, 6.07) is 9.52. The summed E-state index contributed by atoms with van der Waals surface area (Å²) in [6.07, 6.45) is 6.52. The summed E-state index contributed by atoms with van der Waals surface area (Å²) in [5.41, 5.74) is 1.62. The molecule has 3 rings (SSSR count). The average molecular weight is 311 g/mol. The van der Waals surface area contributed by atoms with E-state index in [4.69, 9.17) is 4.74 Å². The highest BCUT2D eigenvalue weighted by molar-refractivity contribution is 5.96. The fraction of sp³-hybridized carbons (Fsp3) is 0.389. The van der Waals surface area contributed by atoms with Gasteiger partial charge >= 0.3 is 0 Å². The van der Waals surface area contributed by atoms with E-state index < -0.39 is 0 Å². The van der Waals surface area contributed by atoms with Gasteiger partial charge in [0.1, 0.15) is 5.56 Å². The molecule has 0 aromatic carbocycles. The Labute approximate surface area is 136 Å². The summed E-state index contributed by atoms with van der Waals surface area (Å²) in [5.74, 6) is 0.843. The first-order chi connectivity index (χ1) is 11.3. The van der Waals surface area contributed by atoms with E-state index in [1.165, 1.54) is 0 Å². The molecule has 1 amide bonds. The maximum Gasteiger partial charge on any atom is 0.259 e. The molecular formula is C18H21N3O2. The lowest BCUT2D eigenvalue weighted by atomic mass is 9.93. The minimum atomic E-state index is 0.000621. The number of hydrogen-bond donors (Lipinski definition) is 0. The van der Waals surface area contributed by atoms with Crippen LogP contribution in [-0.4, -0.2) is 41.0 Å². The van der Waals surface area contributed by atoms with Crippen LogP contribution >= 0.6 is 0 Å². The molecule has 0 N–H and O–H groups in total. The van der Waals surface area contributed by atoms with Crippen molar-refractivity contribution in [2.24, 2.45) is 5.92 Å². The summed E-state index contributed by atoms with van der Waals surface area (Å²) in [6.45, 7) is 1.54. The number of carbonyl (C=O) groups is 1. The zero-order chi connectivity index (χ0) is 16.1. The summed E-state index contributed by atoms with van der Waals surface area (Å²) < 4.78 is 5.21. The number of ether oxygens (including phenoxy) is 1. The van der Waals surface area contributed by atoms with Crippen LogP contribution in [0.2, 0.25) is 0 Å². The molecule has 1 fully saturated rings. The molecule has 0 saturated carbocycles. The first-order valence-corrected chi connectivity index (χ1v) is 7.96. The smallest absolute Gasteiger partial charge is 0.259 e. The molecule has 1 aliphatic rings. The van der Waals surface area contributed by atoms with Crippen LogP contribution in [0.3, 0.4) is 0 Å². The van der Waals surface area contributed by atoms with Gasteiger partial charge in [0.15, 0.2) is 0 Å². The fourth-order valence-electron chi connectivity index (χ4n) is 3.12. The lowest BCUT2D eigenvalue weighted by Crippen LogP contribution is -2.40. The first-order valence-electron chi connectivity index (χ1n) is 7.96. The lowest BCUT2D eigenvalue weighted by molar-refractivity contribution is 0.0668. The maximum atomic E-state index is 12.8. The van der Waals surface area contributed by atoms with Crippen LogP contribution in [0, 0.1) is 5.92 Å². The van der Waals surface area contributed by atoms with Crippen molar-refractivity contribution in [3.8, 4) is 5.88 Å². The second-order valence-electron chi connectivity index (χ2n) is 5.84. The number of methoxy groups -OCH3 is 1. The number of piperidine rings is 1. The van der Waals surface area contributed by atoms with Crippen molar-refractivity contribution in [2.75, 3.05) is 20.2 Å². The Hall–Kier alpha value is -2.43. The van der Waals surface area contributed by atoms with Gasteiger partial charge < -0.3 is 9.64 Å². The van der Waals surface area contributed by atoms with Crippen LogP contribution in [0.5, 0.6) is 5.88 Å². The van der Waals surface area contributed by atoms with Gasteiger partial charge in [0.25, 0.3) is 5.91 Å². The molecule has 23 heavy (non-hydrogen) atoms. The molecule has 1 aliphatic heterocycles. The zero-order valence-corrected chi connectivity index (χ0v) is 13.3. The Morgan fingerprint density at radius 2 is 2.13 bits per heavy atom. The third-order valence-electron chi connectivity index (χ3n) is 4.23. The van der Waals surface area contributed by atoms with Gasteiger partial charge in [0, 0.05) is 31.2 Å². The van der Waals surface area contributed by atoms with Gasteiger partial charge in [-0.2, -0.15) is 0 Å². The minimum absolute atomic E-state index is 0.000621. The number of carbonyl (C=O) groups excluding carboxylic acids is 1. The normalized spacial score (nSPS) is 17.8. The van der Waals surface area contributed by atoms with E-state index in [2.05, 4.69) is 9.97 Å². The Kier molecular flexibility index (Phi) is 4.86. The lowest BCUT2D eigenvalue weighted by Gasteiger charge is -2.33. The Morgan fingerprint density at radius 3 is 2.91 bits per heavy atom. The van der Waals surface area contributed by atoms with E-state index in [1.54, 1.807) is 25.4 Å². The number of nitrogens with zero attached hydrogens (tertiary/aromatic N) is 3. The molecular weight excluding hydrogens is 290 g/mol. The van der Waals surface area contributed by atoms with Gasteiger partial charge in [-0.1, -0.05) is 6.07 Å². The predicted octanol–water partition coefficient (Wildman–Crippen LogP) is 2.58. The standard InChI is InChI=1S/C18H21N3O2/c1-23-17-16(8-4-10-20-17)18(22)21-11-5-6-14(13-21)12-15-7-2-3-9-19-15/h2-4,7-10,14H,5-6,11-13H2,1H3/t14-/m0/s1. The van der Waals surface area contributed by atoms with Crippen molar-refractivity contribution in [2.45, 2.75) is 19.3 Å². The number of pyridine rings is 2. The van der Waals surface area contributed by atoms with E-state index >= 15 is 0 Å². The van der Waals surface area contributed by atoms with Gasteiger partial charge in [0.05, 0.1) is 7.11 Å². The molecule has 3 heterocycles. The molecule has 120 valence electrons. The molecule has 1 saturated heterocycles. The SMILES string of the molecule is COc1ncccc1C(=O)N1CCC[C@@H](Cc2ccccn2)C1. The average Bonchev–Trinajstić information content (AvgIpc) is 2.62. The molecule has 1 atom stereocenters. The molecule has 0 unspecified atom stereocenters. The van der Waals surface area contributed by atoms with E-state index in [1.807, 2.05) is 29.3 Å². The second kappa shape index (κ2) is 7.22. The molecule has 0 bridgehead atoms. The number of likely N-dealkylation sites (tertiary alicyclic amines) is 1. The number of aromatic nitrogens is 2. The Morgan fingerprint density at radius 1 is 1.26 bits per heavy atom. The van der Waals surface area contributed by atoms with Crippen LogP contribution in [0.15, 0.2) is 42.7 Å². The number of rotatable bonds is 4. The molecule has 5 heteroatoms. The highest BCUT2D eigenvalue weighted by atomic mass is 16.5. The summed E-state index contributed by atoms with van der Waals surface area (Å²) >= 11 is 0. The Bertz CT molecular complexity index is 660. The minimum Gasteiger partial charge on any atom is -0.480 e. The van der Waals surface area contributed by atoms with Crippen LogP contribution in [0.25, 0.3) is 0 Å². The summed E-state index contributed by atoms with van der Waals surface area (Å²) in [4.78, 5) is 23.2. The van der Waals surface area contributed by atoms with Gasteiger partial charge in [0.2, 0.25) is 5.88 Å². The molecule has 2 aromatic heterocycles. The number of amides is 1. The third kappa shape index (κ3) is 3.67. The predicted molar refractivity (Wildman–Crippen MR) is 87.4 cm³/mol. The van der Waals surface area contributed by atoms with Crippen molar-refractivity contribution in [1.82, 2.24) is 14.9 Å². The fourth-order valence-corrected chi connectivity index (χ4v) is 3.12. The molecule has 0 radical (unpaired) electrons. The molecule has 0 aliphatic carbocycles. The monoisotopic (exact) mass is 311 g/mol. The van der Waals surface area contributed by atoms with E-state index in [9.17, 15) is 4.79 Å². The van der Waals surface area contributed by atoms with Crippen molar-refractivity contribution >= 4 is 5.91 Å². The highest BCUT2D eigenvalue weighted by Crippen LogP contribution is 2.23. The Balaban J connectivity index is 1.69. The van der Waals surface area contributed by atoms with Crippen LogP contribution < -0.4 is 4.74 Å². The molecule has 5 nitrogen and oxygen atoms in total. The van der Waals surface area contributed by atoms with Crippen molar-refractivity contribution in [3.05, 3.63) is 54.0 Å². The summed E-state index contributed by atoms with van der Waals surface area (Å²) in [5, 5.41) is 0. The van der Waals surface area contributed by atoms with Crippen molar-refractivity contribution in [3.63, 3.8) is 0 Å². The number of hydrogen-bond acceptors (Lipinski definition) is 4. The van der Waals surface area contributed by atoms with E-state index in [-0.39, 0.29) is 5.91 Å². The zero-order valence-electron chi connectivity index (χ0n) is 13.3.